The summed E-state index contributed by atoms with van der Waals surface area (Å²) in [6, 6.07) is 0. The first-order chi connectivity index (χ1) is 5.93. The van der Waals surface area contributed by atoms with E-state index in [0.717, 1.165) is 0 Å². The predicted molar refractivity (Wildman–Crippen MR) is 42.1 cm³/mol. The number of hydrogen-bond donors (Lipinski definition) is 0. The van der Waals surface area contributed by atoms with Gasteiger partial charge in [0.15, 0.2) is 0 Å². The van der Waals surface area contributed by atoms with Crippen molar-refractivity contribution >= 4 is 11.9 Å². The molecule has 0 aromatic heterocycles. The Kier molecular flexibility index (Phi) is 5.95. The number of carbonyl (C=O) groups is 2. The van der Waals surface area contributed by atoms with E-state index in [1.807, 2.05) is 6.92 Å². The third-order valence-electron chi connectivity index (χ3n) is 1.36. The van der Waals surface area contributed by atoms with E-state index in [9.17, 15) is 9.59 Å². The van der Waals surface area contributed by atoms with Gasteiger partial charge in [0.1, 0.15) is 0 Å². The Morgan fingerprint density at radius 2 is 1.85 bits per heavy atom. The van der Waals surface area contributed by atoms with Crippen molar-refractivity contribution in [3.63, 3.8) is 0 Å². The van der Waals surface area contributed by atoms with Crippen LogP contribution in [0.15, 0.2) is 12.3 Å². The van der Waals surface area contributed by atoms with Crippen molar-refractivity contribution in [2.45, 2.75) is 24.2 Å². The van der Waals surface area contributed by atoms with Gasteiger partial charge >= 0.3 is 90.5 Å². The minimum absolute atomic E-state index is 0.0489. The molecule has 0 saturated heterocycles. The van der Waals surface area contributed by atoms with Gasteiger partial charge in [-0.3, -0.25) is 0 Å². The summed E-state index contributed by atoms with van der Waals surface area (Å²) in [6.07, 6.45) is 0. The fourth-order valence-corrected chi connectivity index (χ4v) is 3.55. The van der Waals surface area contributed by atoms with Crippen LogP contribution >= 0.6 is 0 Å². The molecule has 0 amide bonds. The standard InChI is InChI=1S/C6H9O2.C2H4O2.Hg/c1-4-5(2)8-6(3)7;1-2(3)4;/h4H,2H2,1,3H3;1H3,(H,3,4);/q;;+1/p-1. The van der Waals surface area contributed by atoms with Crippen LogP contribution in [0.2, 0.25) is 3.43 Å². The summed E-state index contributed by atoms with van der Waals surface area (Å²) >= 11 is -1.75. The topological polar surface area (TPSA) is 52.6 Å². The summed E-state index contributed by atoms with van der Waals surface area (Å²) in [5.41, 5.74) is 0. The van der Waals surface area contributed by atoms with Gasteiger partial charge in [-0.15, -0.1) is 0 Å². The normalized spacial score (nSPS) is 11.0. The molecule has 0 rings (SSSR count). The molecule has 4 nitrogen and oxygen atoms in total. The summed E-state index contributed by atoms with van der Waals surface area (Å²) in [6.45, 7) is 8.15. The van der Waals surface area contributed by atoms with Crippen molar-refractivity contribution in [1.82, 2.24) is 0 Å². The van der Waals surface area contributed by atoms with Crippen LogP contribution in [0.4, 0.5) is 0 Å². The van der Waals surface area contributed by atoms with Gasteiger partial charge in [0.25, 0.3) is 0 Å². The molecule has 0 aromatic rings. The molecule has 1 unspecified atom stereocenters. The van der Waals surface area contributed by atoms with Crippen molar-refractivity contribution < 1.29 is 42.0 Å². The Bertz CT molecular complexity index is 224. The quantitative estimate of drug-likeness (QED) is 0.425. The van der Waals surface area contributed by atoms with Crippen LogP contribution in [0.1, 0.15) is 20.8 Å². The van der Waals surface area contributed by atoms with E-state index >= 15 is 0 Å². The third-order valence-corrected chi connectivity index (χ3v) is 7.30. The van der Waals surface area contributed by atoms with E-state index in [1.54, 1.807) is 0 Å². The molecule has 0 aliphatic carbocycles. The second-order valence-electron chi connectivity index (χ2n) is 2.76. The van der Waals surface area contributed by atoms with Gasteiger partial charge in [0.2, 0.25) is 0 Å². The molecule has 0 spiro atoms. The Hall–Kier alpha value is -0.385. The molecule has 0 fully saturated rings. The van der Waals surface area contributed by atoms with Crippen LogP contribution in [-0.2, 0) is 42.0 Å². The minimum atomic E-state index is -1.75. The molecule has 0 aliphatic heterocycles. The number of allylic oxidation sites excluding steroid dienone is 1. The second kappa shape index (κ2) is 6.13. The van der Waals surface area contributed by atoms with Crippen LogP contribution in [-0.4, -0.2) is 11.9 Å². The fraction of sp³-hybridized carbons (Fsp3) is 0.500. The number of ether oxygens (including phenoxy) is 1. The third kappa shape index (κ3) is 6.75. The number of carbonyl (C=O) groups excluding carboxylic acids is 2. The van der Waals surface area contributed by atoms with Crippen molar-refractivity contribution in [3.8, 4) is 0 Å². The van der Waals surface area contributed by atoms with E-state index in [0.29, 0.717) is 5.76 Å². The van der Waals surface area contributed by atoms with E-state index < -0.39 is 25.0 Å². The summed E-state index contributed by atoms with van der Waals surface area (Å²) in [5, 5.41) is 0. The molecule has 0 saturated carbocycles. The summed E-state index contributed by atoms with van der Waals surface area (Å²) in [4.78, 5) is 21.0. The molecule has 5 heteroatoms. The van der Waals surface area contributed by atoms with Crippen LogP contribution in [0.25, 0.3) is 0 Å². The van der Waals surface area contributed by atoms with Crippen LogP contribution in [0.3, 0.4) is 0 Å². The molecule has 0 bridgehead atoms. The first kappa shape index (κ1) is 12.6. The van der Waals surface area contributed by atoms with Gasteiger partial charge in [-0.05, 0) is 0 Å². The van der Waals surface area contributed by atoms with Crippen LogP contribution in [0, 0.1) is 0 Å². The fourth-order valence-electron chi connectivity index (χ4n) is 0.621. The second-order valence-corrected chi connectivity index (χ2v) is 9.94. The molecule has 1 atom stereocenters. The summed E-state index contributed by atoms with van der Waals surface area (Å²) in [7, 11) is 0. The monoisotopic (exact) mass is 374 g/mol. The SMILES string of the molecule is C=C(OC(C)=O)[CH](C)[Hg][O]C(C)=O. The Labute approximate surface area is 90.4 Å². The first-order valence-corrected chi connectivity index (χ1v) is 9.36. The molecule has 13 heavy (non-hydrogen) atoms. The van der Waals surface area contributed by atoms with E-state index in [1.165, 1.54) is 13.8 Å². The summed E-state index contributed by atoms with van der Waals surface area (Å²) < 4.78 is 9.76. The number of rotatable bonds is 4. The average Bonchev–Trinajstić information content (AvgIpc) is 1.98. The first-order valence-electron chi connectivity index (χ1n) is 3.94. The predicted octanol–water partition coefficient (Wildman–Crippen LogP) is 1.43. The molecule has 0 heterocycles. The zero-order chi connectivity index (χ0) is 10.4. The number of esters is 1. The van der Waals surface area contributed by atoms with Gasteiger partial charge in [0.05, 0.1) is 0 Å². The van der Waals surface area contributed by atoms with Crippen molar-refractivity contribution in [1.29, 1.82) is 0 Å². The molecule has 70 valence electrons. The molecule has 0 aromatic carbocycles. The molecular formula is C8H12HgO4. The van der Waals surface area contributed by atoms with Crippen molar-refractivity contribution in [2.24, 2.45) is 0 Å². The molecule has 0 aliphatic rings. The van der Waals surface area contributed by atoms with Gasteiger partial charge in [0, 0.05) is 0 Å². The van der Waals surface area contributed by atoms with E-state index in [2.05, 4.69) is 6.58 Å². The maximum absolute atomic E-state index is 10.5. The van der Waals surface area contributed by atoms with E-state index in [4.69, 9.17) is 7.38 Å². The zero-order valence-corrected chi connectivity index (χ0v) is 13.6. The van der Waals surface area contributed by atoms with Gasteiger partial charge in [-0.1, -0.05) is 0 Å². The molecular weight excluding hydrogens is 361 g/mol. The van der Waals surface area contributed by atoms with Crippen LogP contribution in [0.5, 0.6) is 0 Å². The number of hydrogen-bond acceptors (Lipinski definition) is 4. The van der Waals surface area contributed by atoms with Crippen molar-refractivity contribution in [3.05, 3.63) is 12.3 Å². The summed E-state index contributed by atoms with van der Waals surface area (Å²) in [5.74, 6) is -0.229. The Balaban J connectivity index is 3.82. The van der Waals surface area contributed by atoms with Gasteiger partial charge < -0.3 is 0 Å². The Morgan fingerprint density at radius 3 is 2.23 bits per heavy atom. The molecule has 0 N–H and O–H groups in total. The Morgan fingerprint density at radius 1 is 1.31 bits per heavy atom. The van der Waals surface area contributed by atoms with Crippen molar-refractivity contribution in [2.75, 3.05) is 0 Å². The average molecular weight is 373 g/mol. The van der Waals surface area contributed by atoms with Gasteiger partial charge in [-0.2, -0.15) is 0 Å². The van der Waals surface area contributed by atoms with Gasteiger partial charge in [-0.25, -0.2) is 0 Å². The maximum atomic E-state index is 10.5. The van der Waals surface area contributed by atoms with E-state index in [-0.39, 0.29) is 15.4 Å². The zero-order valence-electron chi connectivity index (χ0n) is 8.12. The molecule has 0 radical (unpaired) electrons. The van der Waals surface area contributed by atoms with Crippen LogP contribution < -0.4 is 0 Å².